The lowest BCUT2D eigenvalue weighted by atomic mass is 10.0. The highest BCUT2D eigenvalue weighted by molar-refractivity contribution is 6.99. The van der Waals surface area contributed by atoms with E-state index in [2.05, 4.69) is 35.7 Å². The van der Waals surface area contributed by atoms with Crippen LogP contribution in [0.3, 0.4) is 0 Å². The van der Waals surface area contributed by atoms with Gasteiger partial charge in [0, 0.05) is 30.0 Å². The van der Waals surface area contributed by atoms with Gasteiger partial charge in [-0.25, -0.2) is 4.79 Å². The summed E-state index contributed by atoms with van der Waals surface area (Å²) in [5.41, 5.74) is 1.19. The third-order valence-corrected chi connectivity index (χ3v) is 5.62. The second-order valence-corrected chi connectivity index (χ2v) is 8.14. The molecule has 9 heteroatoms. The summed E-state index contributed by atoms with van der Waals surface area (Å²) in [6.07, 6.45) is 9.17. The van der Waals surface area contributed by atoms with Gasteiger partial charge in [-0.15, -0.1) is 4.37 Å². The van der Waals surface area contributed by atoms with Crippen LogP contribution in [-0.4, -0.2) is 57.1 Å². The Labute approximate surface area is 176 Å². The number of ether oxygens (including phenoxy) is 2. The summed E-state index contributed by atoms with van der Waals surface area (Å²) in [4.78, 5) is 11.3. The van der Waals surface area contributed by atoms with Crippen LogP contribution in [0.4, 0.5) is 4.79 Å². The third kappa shape index (κ3) is 6.99. The van der Waals surface area contributed by atoms with E-state index in [1.807, 2.05) is 0 Å². The highest BCUT2D eigenvalue weighted by atomic mass is 35.5. The van der Waals surface area contributed by atoms with E-state index < -0.39 is 5.43 Å². The van der Waals surface area contributed by atoms with Gasteiger partial charge in [0.25, 0.3) is 5.88 Å². The fourth-order valence-corrected chi connectivity index (χ4v) is 4.14. The first-order chi connectivity index (χ1) is 13.0. The van der Waals surface area contributed by atoms with Crippen molar-refractivity contribution in [1.29, 1.82) is 0 Å². The first-order valence-corrected chi connectivity index (χ1v) is 11.0. The number of rotatable bonds is 11. The molecular weight excluding hydrogens is 402 g/mol. The second kappa shape index (κ2) is 12.4. The molecule has 2 unspecified atom stereocenters. The lowest BCUT2D eigenvalue weighted by Crippen LogP contribution is -2.56. The Kier molecular flexibility index (Phi) is 11.0. The molecular formula is C19H33ClN3O4S+. The van der Waals surface area contributed by atoms with Crippen molar-refractivity contribution in [2.45, 2.75) is 65.0 Å². The highest BCUT2D eigenvalue weighted by Gasteiger charge is 2.38. The maximum absolute atomic E-state index is 11.3. The van der Waals surface area contributed by atoms with Crippen molar-refractivity contribution in [3.05, 3.63) is 11.8 Å². The number of quaternary nitrogens is 1. The molecule has 0 aliphatic carbocycles. The lowest BCUT2D eigenvalue weighted by Gasteiger charge is -2.42. The number of nitrogens with zero attached hydrogens (tertiary/aromatic N) is 3. The van der Waals surface area contributed by atoms with Crippen LogP contribution in [0.2, 0.25) is 0 Å². The van der Waals surface area contributed by atoms with E-state index in [-0.39, 0.29) is 11.7 Å². The van der Waals surface area contributed by atoms with Crippen LogP contribution in [0.1, 0.15) is 64.5 Å². The molecule has 2 atom stereocenters. The average molecular weight is 435 g/mol. The molecule has 0 fully saturated rings. The van der Waals surface area contributed by atoms with Crippen LogP contribution in [0.25, 0.3) is 5.57 Å². The molecule has 0 saturated heterocycles. The molecule has 1 aromatic heterocycles. The number of hydrogen-bond donors (Lipinski definition) is 0. The molecule has 1 aliphatic heterocycles. The minimum absolute atomic E-state index is 0. The molecule has 0 amide bonds. The predicted molar refractivity (Wildman–Crippen MR) is 113 cm³/mol. The van der Waals surface area contributed by atoms with E-state index in [0.29, 0.717) is 23.5 Å². The molecule has 2 rings (SSSR count). The van der Waals surface area contributed by atoms with E-state index in [1.165, 1.54) is 31.0 Å². The van der Waals surface area contributed by atoms with Gasteiger partial charge in [-0.1, -0.05) is 39.2 Å². The summed E-state index contributed by atoms with van der Waals surface area (Å²) in [6, 6.07) is 0. The van der Waals surface area contributed by atoms with E-state index >= 15 is 0 Å². The molecule has 160 valence electrons. The van der Waals surface area contributed by atoms with Gasteiger partial charge in [-0.2, -0.15) is 4.37 Å². The zero-order valence-corrected chi connectivity index (χ0v) is 18.7. The van der Waals surface area contributed by atoms with Crippen molar-refractivity contribution in [3.63, 3.8) is 0 Å². The zero-order chi connectivity index (χ0) is 19.7. The number of likely N-dealkylation sites (N-methyl/N-ethyl adjacent to an activating group) is 1. The van der Waals surface area contributed by atoms with Crippen LogP contribution < -0.4 is 4.74 Å². The van der Waals surface area contributed by atoms with Crippen molar-refractivity contribution in [2.24, 2.45) is 0 Å². The quantitative estimate of drug-likeness (QED) is 0.292. The first-order valence-electron chi connectivity index (χ1n) is 9.85. The molecule has 1 aliphatic rings. The first kappa shape index (κ1) is 24.8. The number of halogens is 1. The van der Waals surface area contributed by atoms with Gasteiger partial charge in [0.1, 0.15) is 12.2 Å². The normalized spacial score (nSPS) is 20.1. The fourth-order valence-electron chi connectivity index (χ4n) is 3.50. The Morgan fingerprint density at radius 2 is 2.07 bits per heavy atom. The maximum Gasteiger partial charge on any atom is 0.408 e. The van der Waals surface area contributed by atoms with Gasteiger partial charge in [0.15, 0.2) is 0 Å². The summed E-state index contributed by atoms with van der Waals surface area (Å²) < 4.78 is 20.8. The number of aromatic nitrogens is 2. The molecule has 0 radical (unpaired) electrons. The SMILES string of the molecule is CCCCCCOc1nsnc1C1=CCC[N+](C)(C(CCC)OC(=O)Cl)C1.O. The smallest absolute Gasteiger partial charge is 0.408 e. The average Bonchev–Trinajstić information content (AvgIpc) is 3.09. The van der Waals surface area contributed by atoms with Gasteiger partial charge >= 0.3 is 5.43 Å². The standard InChI is InChI=1S/C19H31ClN3O3S.H2O/c1-4-6-7-8-13-25-18-17(21-27-22-18)15-11-9-12-23(3,14-15)16(10-5-2)26-19(20)24;/h11,16H,4-10,12-14H2,1-3H3;1H2/q+1;. The predicted octanol–water partition coefficient (Wildman–Crippen LogP) is 4.41. The number of carbonyl (C=O) groups is 1. The van der Waals surface area contributed by atoms with Crippen LogP contribution in [0.5, 0.6) is 5.88 Å². The zero-order valence-electron chi connectivity index (χ0n) is 17.1. The molecule has 1 aromatic rings. The third-order valence-electron chi connectivity index (χ3n) is 5.02. The van der Waals surface area contributed by atoms with E-state index in [4.69, 9.17) is 21.1 Å². The Morgan fingerprint density at radius 1 is 1.29 bits per heavy atom. The van der Waals surface area contributed by atoms with Crippen molar-refractivity contribution in [2.75, 3.05) is 26.7 Å². The maximum atomic E-state index is 11.3. The van der Waals surface area contributed by atoms with Gasteiger partial charge in [-0.3, -0.25) is 4.48 Å². The molecule has 7 nitrogen and oxygen atoms in total. The van der Waals surface area contributed by atoms with Crippen LogP contribution in [0.15, 0.2) is 6.08 Å². The topological polar surface area (TPSA) is 92.8 Å². The molecule has 0 spiro atoms. The number of hydrogen-bond acceptors (Lipinski definition) is 6. The minimum atomic E-state index is -0.740. The van der Waals surface area contributed by atoms with E-state index in [1.54, 1.807) is 0 Å². The summed E-state index contributed by atoms with van der Waals surface area (Å²) in [5, 5.41) is 0. The number of carbonyl (C=O) groups excluding carboxylic acids is 1. The summed E-state index contributed by atoms with van der Waals surface area (Å²) in [7, 11) is 2.11. The van der Waals surface area contributed by atoms with Crippen LogP contribution in [0, 0.1) is 0 Å². The van der Waals surface area contributed by atoms with Crippen LogP contribution >= 0.6 is 23.3 Å². The minimum Gasteiger partial charge on any atom is -0.475 e. The molecule has 0 saturated carbocycles. The number of unbranched alkanes of at least 4 members (excludes halogenated alkanes) is 3. The second-order valence-electron chi connectivity index (χ2n) is 7.31. The van der Waals surface area contributed by atoms with E-state index in [0.717, 1.165) is 43.5 Å². The van der Waals surface area contributed by atoms with E-state index in [9.17, 15) is 4.79 Å². The van der Waals surface area contributed by atoms with Crippen molar-refractivity contribution in [3.8, 4) is 5.88 Å². The highest BCUT2D eigenvalue weighted by Crippen LogP contribution is 2.32. The van der Waals surface area contributed by atoms with Gasteiger partial charge in [0.05, 0.1) is 31.9 Å². The molecule has 2 heterocycles. The van der Waals surface area contributed by atoms with Gasteiger partial charge < -0.3 is 14.9 Å². The van der Waals surface area contributed by atoms with Gasteiger partial charge in [0.2, 0.25) is 6.23 Å². The molecule has 0 bridgehead atoms. The molecule has 0 aromatic carbocycles. The summed E-state index contributed by atoms with van der Waals surface area (Å²) in [6.45, 7) is 6.55. The Morgan fingerprint density at radius 3 is 2.75 bits per heavy atom. The van der Waals surface area contributed by atoms with Crippen molar-refractivity contribution in [1.82, 2.24) is 8.75 Å². The molecule has 28 heavy (non-hydrogen) atoms. The van der Waals surface area contributed by atoms with Crippen LogP contribution in [-0.2, 0) is 4.74 Å². The Hall–Kier alpha value is -1.22. The monoisotopic (exact) mass is 434 g/mol. The van der Waals surface area contributed by atoms with Crippen molar-refractivity contribution >= 4 is 34.3 Å². The lowest BCUT2D eigenvalue weighted by molar-refractivity contribution is -0.946. The Balaban J connectivity index is 0.00000392. The fraction of sp³-hybridized carbons (Fsp3) is 0.737. The van der Waals surface area contributed by atoms with Crippen molar-refractivity contribution < 1.29 is 24.2 Å². The molecule has 2 N–H and O–H groups in total. The summed E-state index contributed by atoms with van der Waals surface area (Å²) in [5.74, 6) is 0.623. The van der Waals surface area contributed by atoms with Gasteiger partial charge in [-0.05, 0) is 12.8 Å². The largest absolute Gasteiger partial charge is 0.475 e. The summed E-state index contributed by atoms with van der Waals surface area (Å²) >= 11 is 6.70. The Bertz CT molecular complexity index is 640.